The Hall–Kier alpha value is -1.63. The van der Waals surface area contributed by atoms with Crippen molar-refractivity contribution in [2.75, 3.05) is 20.7 Å². The average Bonchev–Trinajstić information content (AvgIpc) is 2.87. The third-order valence-corrected chi connectivity index (χ3v) is 3.05. The molecule has 7 heteroatoms. The highest BCUT2D eigenvalue weighted by atomic mass is 16.5. The van der Waals surface area contributed by atoms with Crippen molar-refractivity contribution in [1.29, 1.82) is 0 Å². The quantitative estimate of drug-likeness (QED) is 0.686. The van der Waals surface area contributed by atoms with Gasteiger partial charge in [0.1, 0.15) is 6.10 Å². The Labute approximate surface area is 111 Å². The van der Waals surface area contributed by atoms with Gasteiger partial charge in [-0.25, -0.2) is 4.79 Å². The van der Waals surface area contributed by atoms with Crippen molar-refractivity contribution >= 4 is 17.8 Å². The van der Waals surface area contributed by atoms with Gasteiger partial charge in [0.15, 0.2) is 6.10 Å². The third kappa shape index (κ3) is 4.51. The number of hydrogen-bond acceptors (Lipinski definition) is 5. The molecule has 108 valence electrons. The van der Waals surface area contributed by atoms with Crippen molar-refractivity contribution in [3.63, 3.8) is 0 Å². The normalized spacial score (nSPS) is 22.0. The molecular formula is C12H19NO6. The van der Waals surface area contributed by atoms with Gasteiger partial charge in [-0.05, 0) is 19.3 Å². The van der Waals surface area contributed by atoms with Crippen LogP contribution < -0.4 is 0 Å². The zero-order valence-electron chi connectivity index (χ0n) is 11.1. The van der Waals surface area contributed by atoms with Gasteiger partial charge in [-0.1, -0.05) is 0 Å². The first-order valence-electron chi connectivity index (χ1n) is 6.15. The molecule has 0 aromatic carbocycles. The highest BCUT2D eigenvalue weighted by Crippen LogP contribution is 2.21. The fourth-order valence-electron chi connectivity index (χ4n) is 1.92. The summed E-state index contributed by atoms with van der Waals surface area (Å²) in [4.78, 5) is 35.0. The van der Waals surface area contributed by atoms with E-state index in [1.165, 1.54) is 12.0 Å². The van der Waals surface area contributed by atoms with Crippen LogP contribution in [0, 0.1) is 0 Å². The number of rotatable bonds is 6. The number of nitrogens with zero attached hydrogens (tertiary/aromatic N) is 1. The zero-order valence-corrected chi connectivity index (χ0v) is 11.1. The lowest BCUT2D eigenvalue weighted by Crippen LogP contribution is -2.37. The van der Waals surface area contributed by atoms with Crippen LogP contribution in [-0.4, -0.2) is 60.8 Å². The van der Waals surface area contributed by atoms with Crippen LogP contribution in [0.5, 0.6) is 0 Å². The maximum Gasteiger partial charge on any atom is 0.332 e. The van der Waals surface area contributed by atoms with Gasteiger partial charge in [0.05, 0.1) is 7.11 Å². The average molecular weight is 273 g/mol. The van der Waals surface area contributed by atoms with E-state index in [9.17, 15) is 14.4 Å². The van der Waals surface area contributed by atoms with Crippen molar-refractivity contribution < 1.29 is 29.0 Å². The molecular weight excluding hydrogens is 254 g/mol. The molecule has 0 bridgehead atoms. The summed E-state index contributed by atoms with van der Waals surface area (Å²) in [5, 5.41) is 8.78. The fourth-order valence-corrected chi connectivity index (χ4v) is 1.92. The second kappa shape index (κ2) is 7.08. The van der Waals surface area contributed by atoms with E-state index in [-0.39, 0.29) is 18.3 Å². The number of esters is 1. The minimum absolute atomic E-state index is 0.242. The van der Waals surface area contributed by atoms with Gasteiger partial charge < -0.3 is 19.5 Å². The predicted molar refractivity (Wildman–Crippen MR) is 64.4 cm³/mol. The SMILES string of the molecule is COC(=O)CCCN(C)C(=O)[C@@H]1CC[C@H](C(=O)O)O1. The van der Waals surface area contributed by atoms with E-state index in [2.05, 4.69) is 4.74 Å². The number of likely N-dealkylation sites (N-methyl/N-ethyl adjacent to an activating group) is 1. The summed E-state index contributed by atoms with van der Waals surface area (Å²) in [5.41, 5.74) is 0. The van der Waals surface area contributed by atoms with E-state index in [0.29, 0.717) is 25.8 Å². The Morgan fingerprint density at radius 2 is 1.95 bits per heavy atom. The number of carboxylic acids is 1. The third-order valence-electron chi connectivity index (χ3n) is 3.05. The molecule has 1 aliphatic rings. The van der Waals surface area contributed by atoms with Gasteiger partial charge in [0.25, 0.3) is 5.91 Å². The van der Waals surface area contributed by atoms with E-state index in [4.69, 9.17) is 9.84 Å². The Balaban J connectivity index is 2.33. The molecule has 0 aromatic rings. The summed E-state index contributed by atoms with van der Waals surface area (Å²) < 4.78 is 9.67. The van der Waals surface area contributed by atoms with Crippen molar-refractivity contribution in [1.82, 2.24) is 4.90 Å². The number of aliphatic carboxylic acids is 1. The Bertz CT molecular complexity index is 356. The molecule has 0 spiro atoms. The van der Waals surface area contributed by atoms with Crippen LogP contribution in [0.2, 0.25) is 0 Å². The van der Waals surface area contributed by atoms with Crippen molar-refractivity contribution in [3.8, 4) is 0 Å². The van der Waals surface area contributed by atoms with Gasteiger partial charge in [-0.15, -0.1) is 0 Å². The summed E-state index contributed by atoms with van der Waals surface area (Å²) in [6, 6.07) is 0. The molecule has 1 heterocycles. The molecule has 7 nitrogen and oxygen atoms in total. The van der Waals surface area contributed by atoms with E-state index in [1.54, 1.807) is 7.05 Å². The van der Waals surface area contributed by atoms with Crippen molar-refractivity contribution in [3.05, 3.63) is 0 Å². The Morgan fingerprint density at radius 3 is 2.47 bits per heavy atom. The zero-order chi connectivity index (χ0) is 14.4. The smallest absolute Gasteiger partial charge is 0.332 e. The van der Waals surface area contributed by atoms with Crippen LogP contribution in [0.1, 0.15) is 25.7 Å². The molecule has 1 rings (SSSR count). The lowest BCUT2D eigenvalue weighted by molar-refractivity contribution is -0.154. The van der Waals surface area contributed by atoms with Gasteiger partial charge in [-0.3, -0.25) is 9.59 Å². The van der Waals surface area contributed by atoms with Crippen LogP contribution >= 0.6 is 0 Å². The van der Waals surface area contributed by atoms with Gasteiger partial charge in [0.2, 0.25) is 0 Å². The first kappa shape index (κ1) is 15.4. The van der Waals surface area contributed by atoms with Gasteiger partial charge in [-0.2, -0.15) is 0 Å². The van der Waals surface area contributed by atoms with E-state index < -0.39 is 18.2 Å². The highest BCUT2D eigenvalue weighted by molar-refractivity contribution is 5.82. The maximum absolute atomic E-state index is 12.0. The van der Waals surface area contributed by atoms with Crippen LogP contribution in [0.3, 0.4) is 0 Å². The minimum Gasteiger partial charge on any atom is -0.479 e. The molecule has 1 aliphatic heterocycles. The van der Waals surface area contributed by atoms with Crippen LogP contribution in [0.15, 0.2) is 0 Å². The molecule has 1 saturated heterocycles. The topological polar surface area (TPSA) is 93.1 Å². The molecule has 0 radical (unpaired) electrons. The maximum atomic E-state index is 12.0. The van der Waals surface area contributed by atoms with Crippen LogP contribution in [-0.2, 0) is 23.9 Å². The molecule has 0 unspecified atom stereocenters. The number of ether oxygens (including phenoxy) is 2. The molecule has 19 heavy (non-hydrogen) atoms. The molecule has 2 atom stereocenters. The molecule has 1 fully saturated rings. The first-order valence-corrected chi connectivity index (χ1v) is 6.15. The summed E-state index contributed by atoms with van der Waals surface area (Å²) >= 11 is 0. The van der Waals surface area contributed by atoms with E-state index in [1.807, 2.05) is 0 Å². The summed E-state index contributed by atoms with van der Waals surface area (Å²) in [7, 11) is 2.92. The molecule has 0 aliphatic carbocycles. The van der Waals surface area contributed by atoms with Gasteiger partial charge >= 0.3 is 11.9 Å². The van der Waals surface area contributed by atoms with Crippen molar-refractivity contribution in [2.24, 2.45) is 0 Å². The van der Waals surface area contributed by atoms with Gasteiger partial charge in [0, 0.05) is 20.0 Å². The summed E-state index contributed by atoms with van der Waals surface area (Å²) in [6.45, 7) is 0.408. The molecule has 0 aromatic heterocycles. The lowest BCUT2D eigenvalue weighted by atomic mass is 10.2. The van der Waals surface area contributed by atoms with Crippen LogP contribution in [0.25, 0.3) is 0 Å². The summed E-state index contributed by atoms with van der Waals surface area (Å²) in [6.07, 6.45) is -0.0677. The molecule has 0 saturated carbocycles. The summed E-state index contributed by atoms with van der Waals surface area (Å²) in [5.74, 6) is -1.60. The van der Waals surface area contributed by atoms with E-state index in [0.717, 1.165) is 0 Å². The van der Waals surface area contributed by atoms with E-state index >= 15 is 0 Å². The number of hydrogen-bond donors (Lipinski definition) is 1. The molecule has 1 amide bonds. The number of amides is 1. The second-order valence-corrected chi connectivity index (χ2v) is 4.47. The Morgan fingerprint density at radius 1 is 1.32 bits per heavy atom. The largest absolute Gasteiger partial charge is 0.479 e. The van der Waals surface area contributed by atoms with Crippen molar-refractivity contribution in [2.45, 2.75) is 37.9 Å². The minimum atomic E-state index is -1.04. The standard InChI is InChI=1S/C12H19NO6/c1-13(7-3-4-10(14)18-2)11(15)8-5-6-9(19-8)12(16)17/h8-9H,3-7H2,1-2H3,(H,16,17)/t8-,9+/m0/s1. The monoisotopic (exact) mass is 273 g/mol. The highest BCUT2D eigenvalue weighted by Gasteiger charge is 2.35. The van der Waals surface area contributed by atoms with Crippen LogP contribution in [0.4, 0.5) is 0 Å². The number of carbonyl (C=O) groups excluding carboxylic acids is 2. The lowest BCUT2D eigenvalue weighted by Gasteiger charge is -2.20. The number of methoxy groups -OCH3 is 1. The fraction of sp³-hybridized carbons (Fsp3) is 0.750. The second-order valence-electron chi connectivity index (χ2n) is 4.47. The molecule has 1 N–H and O–H groups in total. The number of carbonyl (C=O) groups is 3. The first-order chi connectivity index (χ1) is 8.95. The number of carboxylic acid groups (broad SMARTS) is 1. The predicted octanol–water partition coefficient (Wildman–Crippen LogP) is 0.0302. The Kier molecular flexibility index (Phi) is 5.75.